The Morgan fingerprint density at radius 1 is 1.30 bits per heavy atom. The lowest BCUT2D eigenvalue weighted by Gasteiger charge is -1.96. The molecule has 0 bridgehead atoms. The maximum Gasteiger partial charge on any atom is 0.358 e. The average molecular weight is 280 g/mol. The zero-order chi connectivity index (χ0) is 14.7. The number of nitro groups is 1. The van der Waals surface area contributed by atoms with Gasteiger partial charge in [-0.15, -0.1) is 5.10 Å². The molecule has 2 rings (SSSR count). The number of ether oxygens (including phenoxy) is 1. The van der Waals surface area contributed by atoms with E-state index in [0.29, 0.717) is 0 Å². The van der Waals surface area contributed by atoms with Crippen LogP contribution in [0.5, 0.6) is 0 Å². The highest BCUT2D eigenvalue weighted by atomic mass is 16.6. The van der Waals surface area contributed by atoms with Crippen LogP contribution in [0.3, 0.4) is 0 Å². The predicted octanol–water partition coefficient (Wildman–Crippen LogP) is 0.0799. The Kier molecular flexibility index (Phi) is 3.41. The van der Waals surface area contributed by atoms with Crippen molar-refractivity contribution in [3.8, 4) is 0 Å². The van der Waals surface area contributed by atoms with Crippen LogP contribution in [0.25, 0.3) is 0 Å². The fraction of sp³-hybridized carbons (Fsp3) is 0.111. The van der Waals surface area contributed by atoms with E-state index in [2.05, 4.69) is 30.4 Å². The van der Waals surface area contributed by atoms with Crippen molar-refractivity contribution < 1.29 is 19.2 Å². The third kappa shape index (κ3) is 2.60. The molecule has 11 nitrogen and oxygen atoms in total. The summed E-state index contributed by atoms with van der Waals surface area (Å²) in [6.45, 7) is 0. The molecule has 2 aromatic rings. The first-order chi connectivity index (χ1) is 9.51. The number of esters is 1. The van der Waals surface area contributed by atoms with E-state index < -0.39 is 22.6 Å². The Hall–Kier alpha value is -3.24. The maximum atomic E-state index is 11.7. The molecule has 0 saturated carbocycles. The number of nitrogens with one attached hydrogen (secondary N) is 3. The maximum absolute atomic E-state index is 11.7. The Labute approximate surface area is 110 Å². The number of carbonyl (C=O) groups excluding carboxylic acids is 2. The van der Waals surface area contributed by atoms with Crippen LogP contribution in [0.1, 0.15) is 21.0 Å². The Balaban J connectivity index is 2.09. The summed E-state index contributed by atoms with van der Waals surface area (Å²) >= 11 is 0. The number of H-pyrrole nitrogens is 2. The first-order valence-corrected chi connectivity index (χ1v) is 5.16. The van der Waals surface area contributed by atoms with Gasteiger partial charge in [-0.25, -0.2) is 4.79 Å². The molecule has 0 aliphatic carbocycles. The summed E-state index contributed by atoms with van der Waals surface area (Å²) in [4.78, 5) is 32.6. The van der Waals surface area contributed by atoms with Crippen LogP contribution in [-0.2, 0) is 4.74 Å². The van der Waals surface area contributed by atoms with E-state index in [1.807, 2.05) is 0 Å². The fourth-order valence-electron chi connectivity index (χ4n) is 1.30. The van der Waals surface area contributed by atoms with Gasteiger partial charge in [0, 0.05) is 6.07 Å². The Morgan fingerprint density at radius 3 is 2.60 bits per heavy atom. The van der Waals surface area contributed by atoms with Crippen molar-refractivity contribution in [3.63, 3.8) is 0 Å². The highest BCUT2D eigenvalue weighted by Crippen LogP contribution is 2.11. The monoisotopic (exact) mass is 280 g/mol. The Morgan fingerprint density at radius 2 is 2.00 bits per heavy atom. The van der Waals surface area contributed by atoms with Crippen LogP contribution < -0.4 is 5.32 Å². The van der Waals surface area contributed by atoms with Crippen molar-refractivity contribution >= 4 is 23.5 Å². The SMILES string of the molecule is COC(=O)c1cc(NC(=O)c2cc([N+](=O)[O-])[nH]n2)[nH]n1. The van der Waals surface area contributed by atoms with Crippen LogP contribution in [0.15, 0.2) is 12.1 Å². The Bertz CT molecular complexity index is 674. The lowest BCUT2D eigenvalue weighted by Crippen LogP contribution is -2.12. The molecule has 0 radical (unpaired) electrons. The topological polar surface area (TPSA) is 156 Å². The molecule has 0 aromatic carbocycles. The zero-order valence-corrected chi connectivity index (χ0v) is 10.0. The predicted molar refractivity (Wildman–Crippen MR) is 63.1 cm³/mol. The van der Waals surface area contributed by atoms with Gasteiger partial charge in [0.15, 0.2) is 11.4 Å². The van der Waals surface area contributed by atoms with E-state index in [4.69, 9.17) is 0 Å². The van der Waals surface area contributed by atoms with Gasteiger partial charge >= 0.3 is 11.8 Å². The number of carbonyl (C=O) groups is 2. The molecular formula is C9H8N6O5. The lowest BCUT2D eigenvalue weighted by atomic mass is 10.4. The molecule has 3 N–H and O–H groups in total. The van der Waals surface area contributed by atoms with Crippen LogP contribution in [0.4, 0.5) is 11.6 Å². The van der Waals surface area contributed by atoms with Crippen molar-refractivity contribution in [2.75, 3.05) is 12.4 Å². The summed E-state index contributed by atoms with van der Waals surface area (Å²) in [5.74, 6) is -1.65. The molecular weight excluding hydrogens is 272 g/mol. The summed E-state index contributed by atoms with van der Waals surface area (Å²) in [7, 11) is 1.19. The van der Waals surface area contributed by atoms with Crippen LogP contribution in [0.2, 0.25) is 0 Å². The summed E-state index contributed by atoms with van der Waals surface area (Å²) in [5, 5.41) is 24.4. The summed E-state index contributed by atoms with van der Waals surface area (Å²) in [6.07, 6.45) is 0. The molecule has 2 aromatic heterocycles. The first-order valence-electron chi connectivity index (χ1n) is 5.16. The quantitative estimate of drug-likeness (QED) is 0.406. The highest BCUT2D eigenvalue weighted by Gasteiger charge is 2.18. The minimum Gasteiger partial charge on any atom is -0.464 e. The van der Waals surface area contributed by atoms with Gasteiger partial charge in [0.05, 0.1) is 13.2 Å². The third-order valence-corrected chi connectivity index (χ3v) is 2.21. The number of aromatic nitrogens is 4. The number of amides is 1. The van der Waals surface area contributed by atoms with Gasteiger partial charge in [-0.2, -0.15) is 5.10 Å². The standard InChI is InChI=1S/C9H8N6O5/c1-20-9(17)5-2-6(13-12-5)10-8(16)4-3-7(14-11-4)15(18)19/h2-3H,1H3,(H,11,14)(H2,10,12,13,16). The number of hydrogen-bond acceptors (Lipinski definition) is 7. The summed E-state index contributed by atoms with van der Waals surface area (Å²) in [6, 6.07) is 2.23. The molecule has 0 unspecified atom stereocenters. The molecule has 11 heteroatoms. The van der Waals surface area contributed by atoms with Crippen molar-refractivity contribution in [1.82, 2.24) is 20.4 Å². The second kappa shape index (κ2) is 5.17. The second-order valence-electron chi connectivity index (χ2n) is 3.51. The number of anilines is 1. The van der Waals surface area contributed by atoms with Gasteiger partial charge in [0.2, 0.25) is 0 Å². The van der Waals surface area contributed by atoms with E-state index in [9.17, 15) is 19.7 Å². The molecule has 0 aliphatic heterocycles. The normalized spacial score (nSPS) is 10.1. The number of aromatic amines is 2. The smallest absolute Gasteiger partial charge is 0.358 e. The van der Waals surface area contributed by atoms with Gasteiger partial charge in [-0.05, 0) is 4.92 Å². The molecule has 0 fully saturated rings. The van der Waals surface area contributed by atoms with Gasteiger partial charge in [-0.3, -0.25) is 9.89 Å². The van der Waals surface area contributed by atoms with Crippen molar-refractivity contribution in [2.24, 2.45) is 0 Å². The van der Waals surface area contributed by atoms with Crippen LogP contribution >= 0.6 is 0 Å². The first kappa shape index (κ1) is 13.2. The second-order valence-corrected chi connectivity index (χ2v) is 3.51. The van der Waals surface area contributed by atoms with Crippen molar-refractivity contribution in [1.29, 1.82) is 0 Å². The van der Waals surface area contributed by atoms with E-state index in [-0.39, 0.29) is 17.2 Å². The highest BCUT2D eigenvalue weighted by molar-refractivity contribution is 6.03. The molecule has 0 saturated heterocycles. The molecule has 0 aliphatic rings. The minimum absolute atomic E-state index is 0.0178. The number of methoxy groups -OCH3 is 1. The van der Waals surface area contributed by atoms with E-state index in [0.717, 1.165) is 6.07 Å². The molecule has 1 amide bonds. The lowest BCUT2D eigenvalue weighted by molar-refractivity contribution is -0.389. The van der Waals surface area contributed by atoms with Crippen molar-refractivity contribution in [3.05, 3.63) is 33.6 Å². The van der Waals surface area contributed by atoms with Gasteiger partial charge in [0.1, 0.15) is 5.82 Å². The van der Waals surface area contributed by atoms with E-state index in [1.165, 1.54) is 13.2 Å². The number of rotatable bonds is 4. The zero-order valence-electron chi connectivity index (χ0n) is 10.0. The van der Waals surface area contributed by atoms with E-state index >= 15 is 0 Å². The third-order valence-electron chi connectivity index (χ3n) is 2.21. The average Bonchev–Trinajstić information content (AvgIpc) is 3.06. The molecule has 104 valence electrons. The molecule has 0 spiro atoms. The van der Waals surface area contributed by atoms with Gasteiger partial charge in [-0.1, -0.05) is 5.10 Å². The number of nitrogens with zero attached hydrogens (tertiary/aromatic N) is 3. The molecule has 0 atom stereocenters. The van der Waals surface area contributed by atoms with Crippen LogP contribution in [-0.4, -0.2) is 44.3 Å². The van der Waals surface area contributed by atoms with Crippen LogP contribution in [0, 0.1) is 10.1 Å². The minimum atomic E-state index is -0.713. The summed E-state index contributed by atoms with van der Waals surface area (Å²) in [5.41, 5.74) is -0.193. The largest absolute Gasteiger partial charge is 0.464 e. The molecule has 2 heterocycles. The summed E-state index contributed by atoms with van der Waals surface area (Å²) < 4.78 is 4.44. The van der Waals surface area contributed by atoms with E-state index in [1.54, 1.807) is 0 Å². The number of hydrogen-bond donors (Lipinski definition) is 3. The van der Waals surface area contributed by atoms with Gasteiger partial charge in [0.25, 0.3) is 5.91 Å². The van der Waals surface area contributed by atoms with Gasteiger partial charge < -0.3 is 20.2 Å². The van der Waals surface area contributed by atoms with Crippen molar-refractivity contribution in [2.45, 2.75) is 0 Å². The fourth-order valence-corrected chi connectivity index (χ4v) is 1.30. The molecule has 20 heavy (non-hydrogen) atoms.